The molecule has 2 aliphatic rings. The third-order valence-electron chi connectivity index (χ3n) is 5.87. The fourth-order valence-electron chi connectivity index (χ4n) is 4.15. The number of benzene rings is 1. The number of hydrogen-bond acceptors (Lipinski definition) is 3. The first-order valence-electron chi connectivity index (χ1n) is 9.10. The van der Waals surface area contributed by atoms with Crippen molar-refractivity contribution in [3.63, 3.8) is 0 Å². The van der Waals surface area contributed by atoms with E-state index in [-0.39, 0.29) is 11.9 Å². The molecule has 25 heavy (non-hydrogen) atoms. The molecule has 0 spiro atoms. The minimum atomic E-state index is -3.50. The SMILES string of the molecule is Cc1cc(C)c(C)c(S(=O)(=O)N2CCC(N3CCCC3=O)CC2)c1C. The van der Waals surface area contributed by atoms with Crippen molar-refractivity contribution in [3.8, 4) is 0 Å². The summed E-state index contributed by atoms with van der Waals surface area (Å²) >= 11 is 0. The number of rotatable bonds is 3. The zero-order valence-electron chi connectivity index (χ0n) is 15.6. The Morgan fingerprint density at radius 2 is 1.52 bits per heavy atom. The number of nitrogens with zero attached hydrogens (tertiary/aromatic N) is 2. The average molecular weight is 365 g/mol. The predicted octanol–water partition coefficient (Wildman–Crippen LogP) is 2.70. The van der Waals surface area contributed by atoms with E-state index in [1.165, 1.54) is 0 Å². The molecule has 0 aliphatic carbocycles. The van der Waals surface area contributed by atoms with Crippen molar-refractivity contribution in [2.45, 2.75) is 64.3 Å². The van der Waals surface area contributed by atoms with Crippen LogP contribution in [0.1, 0.15) is 47.9 Å². The molecule has 2 fully saturated rings. The Labute approximate surface area is 151 Å². The Morgan fingerprint density at radius 3 is 2.00 bits per heavy atom. The van der Waals surface area contributed by atoms with Crippen LogP contribution in [-0.2, 0) is 14.8 Å². The molecule has 0 saturated carbocycles. The van der Waals surface area contributed by atoms with Crippen LogP contribution in [0.2, 0.25) is 0 Å². The lowest BCUT2D eigenvalue weighted by molar-refractivity contribution is -0.130. The molecule has 2 heterocycles. The van der Waals surface area contributed by atoms with Gasteiger partial charge in [-0.2, -0.15) is 4.31 Å². The Balaban J connectivity index is 1.82. The Hall–Kier alpha value is -1.40. The van der Waals surface area contributed by atoms with Gasteiger partial charge in [-0.1, -0.05) is 6.07 Å². The van der Waals surface area contributed by atoms with Crippen molar-refractivity contribution in [3.05, 3.63) is 28.3 Å². The van der Waals surface area contributed by atoms with Crippen molar-refractivity contribution < 1.29 is 13.2 Å². The van der Waals surface area contributed by atoms with Crippen LogP contribution in [-0.4, -0.2) is 49.2 Å². The fraction of sp³-hybridized carbons (Fsp3) is 0.632. The van der Waals surface area contributed by atoms with Crippen LogP contribution in [0.25, 0.3) is 0 Å². The highest BCUT2D eigenvalue weighted by atomic mass is 32.2. The van der Waals surface area contributed by atoms with Crippen LogP contribution in [0.4, 0.5) is 0 Å². The smallest absolute Gasteiger partial charge is 0.243 e. The summed E-state index contributed by atoms with van der Waals surface area (Å²) in [6.07, 6.45) is 3.03. The molecule has 3 rings (SSSR count). The van der Waals surface area contributed by atoms with E-state index in [4.69, 9.17) is 0 Å². The van der Waals surface area contributed by atoms with Crippen molar-refractivity contribution >= 4 is 15.9 Å². The molecule has 0 radical (unpaired) electrons. The van der Waals surface area contributed by atoms with Crippen LogP contribution in [0.3, 0.4) is 0 Å². The highest BCUT2D eigenvalue weighted by Gasteiger charge is 2.36. The Morgan fingerprint density at radius 1 is 0.960 bits per heavy atom. The zero-order valence-corrected chi connectivity index (χ0v) is 16.4. The van der Waals surface area contributed by atoms with E-state index in [0.717, 1.165) is 48.1 Å². The molecule has 1 aromatic rings. The van der Waals surface area contributed by atoms with E-state index in [1.807, 2.05) is 32.6 Å². The molecule has 1 amide bonds. The number of hydrogen-bond donors (Lipinski definition) is 0. The average Bonchev–Trinajstić information content (AvgIpc) is 2.99. The lowest BCUT2D eigenvalue weighted by Crippen LogP contribution is -2.47. The molecule has 2 aliphatic heterocycles. The molecule has 6 heteroatoms. The minimum absolute atomic E-state index is 0.197. The number of likely N-dealkylation sites (tertiary alicyclic amines) is 1. The normalized spacial score (nSPS) is 20.5. The second-order valence-corrected chi connectivity index (χ2v) is 9.29. The molecule has 0 N–H and O–H groups in total. The first kappa shape index (κ1) is 18.4. The zero-order chi connectivity index (χ0) is 18.4. The molecule has 0 aromatic heterocycles. The fourth-order valence-corrected chi connectivity index (χ4v) is 6.19. The monoisotopic (exact) mass is 364 g/mol. The van der Waals surface area contributed by atoms with Gasteiger partial charge in [0, 0.05) is 32.1 Å². The van der Waals surface area contributed by atoms with Gasteiger partial charge >= 0.3 is 0 Å². The van der Waals surface area contributed by atoms with Crippen LogP contribution in [0, 0.1) is 27.7 Å². The summed E-state index contributed by atoms with van der Waals surface area (Å²) in [5.41, 5.74) is 3.72. The summed E-state index contributed by atoms with van der Waals surface area (Å²) in [6.45, 7) is 9.52. The number of carbonyl (C=O) groups excluding carboxylic acids is 1. The van der Waals surface area contributed by atoms with Crippen LogP contribution < -0.4 is 0 Å². The van der Waals surface area contributed by atoms with Crippen LogP contribution >= 0.6 is 0 Å². The molecule has 0 unspecified atom stereocenters. The quantitative estimate of drug-likeness (QED) is 0.829. The molecular formula is C19H28N2O3S. The van der Waals surface area contributed by atoms with Gasteiger partial charge in [0.05, 0.1) is 4.90 Å². The van der Waals surface area contributed by atoms with Crippen molar-refractivity contribution in [1.29, 1.82) is 0 Å². The van der Waals surface area contributed by atoms with Gasteiger partial charge in [-0.15, -0.1) is 0 Å². The Bertz CT molecular complexity index is 767. The number of aryl methyl sites for hydroxylation is 2. The maximum absolute atomic E-state index is 13.3. The number of sulfonamides is 1. The second kappa shape index (κ2) is 6.72. The summed E-state index contributed by atoms with van der Waals surface area (Å²) in [6, 6.07) is 2.25. The van der Waals surface area contributed by atoms with E-state index in [2.05, 4.69) is 6.07 Å². The first-order valence-corrected chi connectivity index (χ1v) is 10.5. The van der Waals surface area contributed by atoms with E-state index in [1.54, 1.807) is 4.31 Å². The topological polar surface area (TPSA) is 57.7 Å². The van der Waals surface area contributed by atoms with Crippen LogP contribution in [0.15, 0.2) is 11.0 Å². The van der Waals surface area contributed by atoms with Gasteiger partial charge in [0.15, 0.2) is 0 Å². The predicted molar refractivity (Wildman–Crippen MR) is 98.1 cm³/mol. The van der Waals surface area contributed by atoms with Gasteiger partial charge in [0.2, 0.25) is 15.9 Å². The highest BCUT2D eigenvalue weighted by Crippen LogP contribution is 2.31. The standard InChI is InChI=1S/C19H28N2O3S/c1-13-12-14(2)16(4)19(15(13)3)25(23,24)20-10-7-17(8-11-20)21-9-5-6-18(21)22/h12,17H,5-11H2,1-4H3. The van der Waals surface area contributed by atoms with Crippen molar-refractivity contribution in [1.82, 2.24) is 9.21 Å². The number of piperidine rings is 1. The second-order valence-electron chi connectivity index (χ2n) is 7.42. The summed E-state index contributed by atoms with van der Waals surface area (Å²) in [7, 11) is -3.50. The van der Waals surface area contributed by atoms with Gasteiger partial charge in [-0.05, 0) is 69.2 Å². The first-order chi connectivity index (χ1) is 11.7. The summed E-state index contributed by atoms with van der Waals surface area (Å²) in [4.78, 5) is 14.4. The summed E-state index contributed by atoms with van der Waals surface area (Å²) < 4.78 is 28.2. The van der Waals surface area contributed by atoms with E-state index >= 15 is 0 Å². The third-order valence-corrected chi connectivity index (χ3v) is 8.04. The number of carbonyl (C=O) groups is 1. The number of amides is 1. The van der Waals surface area contributed by atoms with Crippen molar-refractivity contribution in [2.75, 3.05) is 19.6 Å². The molecular weight excluding hydrogens is 336 g/mol. The van der Waals surface area contributed by atoms with Gasteiger partial charge in [0.1, 0.15) is 0 Å². The lowest BCUT2D eigenvalue weighted by Gasteiger charge is -2.36. The molecule has 5 nitrogen and oxygen atoms in total. The molecule has 0 atom stereocenters. The van der Waals surface area contributed by atoms with Gasteiger partial charge in [-0.3, -0.25) is 4.79 Å². The molecule has 138 valence electrons. The maximum Gasteiger partial charge on any atom is 0.243 e. The van der Waals surface area contributed by atoms with E-state index in [9.17, 15) is 13.2 Å². The largest absolute Gasteiger partial charge is 0.340 e. The lowest BCUT2D eigenvalue weighted by atomic mass is 10.0. The van der Waals surface area contributed by atoms with Gasteiger partial charge in [-0.25, -0.2) is 8.42 Å². The summed E-state index contributed by atoms with van der Waals surface area (Å²) in [5.74, 6) is 0.224. The van der Waals surface area contributed by atoms with E-state index in [0.29, 0.717) is 24.4 Å². The van der Waals surface area contributed by atoms with Crippen molar-refractivity contribution in [2.24, 2.45) is 0 Å². The summed E-state index contributed by atoms with van der Waals surface area (Å²) in [5, 5.41) is 0. The maximum atomic E-state index is 13.3. The van der Waals surface area contributed by atoms with Gasteiger partial charge < -0.3 is 4.90 Å². The Kier molecular flexibility index (Phi) is 4.95. The molecule has 0 bridgehead atoms. The third kappa shape index (κ3) is 3.22. The van der Waals surface area contributed by atoms with E-state index < -0.39 is 10.0 Å². The molecule has 2 saturated heterocycles. The highest BCUT2D eigenvalue weighted by molar-refractivity contribution is 7.89. The molecule has 1 aromatic carbocycles. The van der Waals surface area contributed by atoms with Crippen LogP contribution in [0.5, 0.6) is 0 Å². The van der Waals surface area contributed by atoms with Gasteiger partial charge in [0.25, 0.3) is 0 Å². The minimum Gasteiger partial charge on any atom is -0.340 e.